The van der Waals surface area contributed by atoms with Gasteiger partial charge in [-0.1, -0.05) is 53.0 Å². The lowest BCUT2D eigenvalue weighted by molar-refractivity contribution is 0.103. The van der Waals surface area contributed by atoms with E-state index in [-0.39, 0.29) is 0 Å². The summed E-state index contributed by atoms with van der Waals surface area (Å²) in [5.74, 6) is 1.85. The summed E-state index contributed by atoms with van der Waals surface area (Å²) >= 11 is 0. The quantitative estimate of drug-likeness (QED) is 0.436. The maximum absolute atomic E-state index is 7.00. The summed E-state index contributed by atoms with van der Waals surface area (Å²) in [6.07, 6.45) is 11.2. The zero-order chi connectivity index (χ0) is 14.8. The van der Waals surface area contributed by atoms with Crippen LogP contribution in [-0.2, 0) is 4.43 Å². The first-order chi connectivity index (χ1) is 9.51. The van der Waals surface area contributed by atoms with Crippen LogP contribution >= 0.6 is 0 Å². The first-order valence-electron chi connectivity index (χ1n) is 8.80. The highest BCUT2D eigenvalue weighted by Gasteiger charge is 2.47. The maximum atomic E-state index is 7.00. The Bertz CT molecular complexity index is 315. The Kier molecular flexibility index (Phi) is 5.53. The highest BCUT2D eigenvalue weighted by atomic mass is 28.4. The lowest BCUT2D eigenvalue weighted by Gasteiger charge is -2.42. The summed E-state index contributed by atoms with van der Waals surface area (Å²) in [5, 5.41) is 0. The fraction of sp³-hybridized carbons (Fsp3) is 0.889. The molecule has 0 aromatic carbocycles. The zero-order valence-electron chi connectivity index (χ0n) is 14.0. The maximum Gasteiger partial charge on any atom is 0.201 e. The SMILES string of the molecule is C=CC[Si](OC1CCC2CCCCC21)(C(C)C)C(C)C. The largest absolute Gasteiger partial charge is 0.413 e. The Morgan fingerprint density at radius 3 is 2.30 bits per heavy atom. The summed E-state index contributed by atoms with van der Waals surface area (Å²) in [4.78, 5) is 0. The molecule has 20 heavy (non-hydrogen) atoms. The van der Waals surface area contributed by atoms with Crippen molar-refractivity contribution in [1.29, 1.82) is 0 Å². The van der Waals surface area contributed by atoms with E-state index in [1.54, 1.807) is 0 Å². The van der Waals surface area contributed by atoms with Crippen molar-refractivity contribution in [1.82, 2.24) is 0 Å². The Morgan fingerprint density at radius 1 is 1.05 bits per heavy atom. The van der Waals surface area contributed by atoms with Crippen molar-refractivity contribution < 1.29 is 4.43 Å². The summed E-state index contributed by atoms with van der Waals surface area (Å²) in [7, 11) is -1.71. The number of hydrogen-bond acceptors (Lipinski definition) is 1. The molecule has 0 spiro atoms. The summed E-state index contributed by atoms with van der Waals surface area (Å²) in [6.45, 7) is 13.5. The van der Waals surface area contributed by atoms with Crippen LogP contribution in [-0.4, -0.2) is 14.4 Å². The summed E-state index contributed by atoms with van der Waals surface area (Å²) in [6, 6.07) is 1.12. The van der Waals surface area contributed by atoms with Crippen molar-refractivity contribution in [3.63, 3.8) is 0 Å². The molecule has 3 atom stereocenters. The molecule has 2 aliphatic rings. The van der Waals surface area contributed by atoms with E-state index >= 15 is 0 Å². The number of allylic oxidation sites excluding steroid dienone is 1. The van der Waals surface area contributed by atoms with Crippen LogP contribution < -0.4 is 0 Å². The summed E-state index contributed by atoms with van der Waals surface area (Å²) < 4.78 is 7.00. The molecule has 3 unspecified atom stereocenters. The second kappa shape index (κ2) is 6.78. The lowest BCUT2D eigenvalue weighted by Crippen LogP contribution is -2.48. The molecule has 0 radical (unpaired) electrons. The molecule has 0 heterocycles. The Hall–Kier alpha value is -0.0831. The minimum atomic E-state index is -1.71. The van der Waals surface area contributed by atoms with Crippen LogP contribution in [0.4, 0.5) is 0 Å². The third kappa shape index (κ3) is 3.06. The Balaban J connectivity index is 2.13. The highest BCUT2D eigenvalue weighted by Crippen LogP contribution is 2.47. The minimum absolute atomic E-state index is 0.566. The van der Waals surface area contributed by atoms with Gasteiger partial charge in [0.1, 0.15) is 0 Å². The summed E-state index contributed by atoms with van der Waals surface area (Å²) in [5.41, 5.74) is 1.37. The van der Waals surface area contributed by atoms with Gasteiger partial charge in [0, 0.05) is 6.10 Å². The van der Waals surface area contributed by atoms with E-state index in [2.05, 4.69) is 40.3 Å². The Morgan fingerprint density at radius 2 is 1.70 bits per heavy atom. The molecule has 0 amide bonds. The molecule has 0 saturated heterocycles. The van der Waals surface area contributed by atoms with Crippen LogP contribution in [0.5, 0.6) is 0 Å². The van der Waals surface area contributed by atoms with Gasteiger partial charge in [-0.2, -0.15) is 0 Å². The molecule has 0 aromatic heterocycles. The van der Waals surface area contributed by atoms with Gasteiger partial charge in [-0.3, -0.25) is 0 Å². The number of hydrogen-bond donors (Lipinski definition) is 0. The second-order valence-corrected chi connectivity index (χ2v) is 12.6. The molecular formula is C18H34OSi. The molecule has 0 aromatic rings. The molecule has 0 N–H and O–H groups in total. The number of fused-ring (bicyclic) bond motifs is 1. The number of rotatable bonds is 6. The molecule has 2 aliphatic carbocycles. The van der Waals surface area contributed by atoms with Crippen molar-refractivity contribution in [2.75, 3.05) is 0 Å². The average molecular weight is 295 g/mol. The average Bonchev–Trinajstić information content (AvgIpc) is 2.81. The minimum Gasteiger partial charge on any atom is -0.413 e. The van der Waals surface area contributed by atoms with E-state index in [4.69, 9.17) is 4.43 Å². The predicted molar refractivity (Wildman–Crippen MR) is 90.5 cm³/mol. The monoisotopic (exact) mass is 294 g/mol. The van der Waals surface area contributed by atoms with E-state index in [0.29, 0.717) is 17.2 Å². The molecule has 2 saturated carbocycles. The van der Waals surface area contributed by atoms with Crippen LogP contribution in [0, 0.1) is 11.8 Å². The smallest absolute Gasteiger partial charge is 0.201 e. The van der Waals surface area contributed by atoms with Crippen LogP contribution in [0.25, 0.3) is 0 Å². The van der Waals surface area contributed by atoms with Gasteiger partial charge in [0.05, 0.1) is 0 Å². The molecular weight excluding hydrogens is 260 g/mol. The molecule has 2 fully saturated rings. The molecule has 116 valence electrons. The van der Waals surface area contributed by atoms with E-state index < -0.39 is 8.32 Å². The van der Waals surface area contributed by atoms with Gasteiger partial charge in [-0.15, -0.1) is 6.58 Å². The molecule has 0 aliphatic heterocycles. The van der Waals surface area contributed by atoms with E-state index in [1.165, 1.54) is 38.5 Å². The normalized spacial score (nSPS) is 30.8. The molecule has 1 nitrogen and oxygen atoms in total. The van der Waals surface area contributed by atoms with Gasteiger partial charge in [0.25, 0.3) is 0 Å². The third-order valence-corrected chi connectivity index (χ3v) is 11.6. The van der Waals surface area contributed by atoms with Crippen LogP contribution in [0.2, 0.25) is 17.1 Å². The van der Waals surface area contributed by atoms with Crippen molar-refractivity contribution in [2.24, 2.45) is 11.8 Å². The van der Waals surface area contributed by atoms with Crippen molar-refractivity contribution in [3.05, 3.63) is 12.7 Å². The lowest BCUT2D eigenvalue weighted by atomic mass is 9.81. The van der Waals surface area contributed by atoms with E-state index in [1.807, 2.05) is 0 Å². The van der Waals surface area contributed by atoms with Gasteiger partial charge in [0.15, 0.2) is 0 Å². The van der Waals surface area contributed by atoms with Gasteiger partial charge < -0.3 is 4.43 Å². The van der Waals surface area contributed by atoms with Gasteiger partial charge in [-0.05, 0) is 48.2 Å². The zero-order valence-corrected chi connectivity index (χ0v) is 15.0. The van der Waals surface area contributed by atoms with Crippen molar-refractivity contribution in [3.8, 4) is 0 Å². The van der Waals surface area contributed by atoms with Gasteiger partial charge in [0.2, 0.25) is 8.32 Å². The molecule has 2 heteroatoms. The fourth-order valence-corrected chi connectivity index (χ4v) is 9.01. The Labute approximate surface area is 127 Å². The third-order valence-electron chi connectivity index (χ3n) is 6.06. The topological polar surface area (TPSA) is 9.23 Å². The van der Waals surface area contributed by atoms with Gasteiger partial charge >= 0.3 is 0 Å². The van der Waals surface area contributed by atoms with E-state index in [0.717, 1.165) is 17.9 Å². The first kappa shape index (κ1) is 16.3. The molecule has 0 bridgehead atoms. The highest BCUT2D eigenvalue weighted by molar-refractivity contribution is 6.76. The van der Waals surface area contributed by atoms with Crippen molar-refractivity contribution >= 4 is 8.32 Å². The fourth-order valence-electron chi connectivity index (χ4n) is 4.79. The second-order valence-electron chi connectivity index (χ2n) is 7.70. The van der Waals surface area contributed by atoms with Crippen LogP contribution in [0.1, 0.15) is 66.2 Å². The van der Waals surface area contributed by atoms with Crippen LogP contribution in [0.3, 0.4) is 0 Å². The standard InChI is InChI=1S/C18H34OSi/c1-6-13-20(14(2)3,15(4)5)19-18-12-11-16-9-7-8-10-17(16)18/h6,14-18H,1,7-13H2,2-5H3. The first-order valence-corrected chi connectivity index (χ1v) is 11.1. The van der Waals surface area contributed by atoms with E-state index in [9.17, 15) is 0 Å². The van der Waals surface area contributed by atoms with Crippen molar-refractivity contribution in [2.45, 2.75) is 89.5 Å². The predicted octanol–water partition coefficient (Wildman–Crippen LogP) is 5.92. The van der Waals surface area contributed by atoms with Crippen LogP contribution in [0.15, 0.2) is 12.7 Å². The van der Waals surface area contributed by atoms with Gasteiger partial charge in [-0.25, -0.2) is 0 Å². The molecule has 2 rings (SSSR count).